The Bertz CT molecular complexity index is 437. The summed E-state index contributed by atoms with van der Waals surface area (Å²) in [6.07, 6.45) is 1.02. The van der Waals surface area contributed by atoms with Crippen molar-refractivity contribution in [3.8, 4) is 0 Å². The van der Waals surface area contributed by atoms with Gasteiger partial charge in [-0.1, -0.05) is 6.92 Å². The summed E-state index contributed by atoms with van der Waals surface area (Å²) in [6, 6.07) is 3.36. The Balaban J connectivity index is 2.47. The fraction of sp³-hybridized carbons (Fsp3) is 0.500. The number of carbonyl (C=O) groups is 1. The second-order valence-electron chi connectivity index (χ2n) is 4.62. The number of amides is 1. The minimum absolute atomic E-state index is 0.132. The number of carbonyl (C=O) groups excluding carboxylic acids is 1. The Labute approximate surface area is 112 Å². The lowest BCUT2D eigenvalue weighted by molar-refractivity contribution is 0.0943. The molecule has 1 rings (SSSR count). The maximum atomic E-state index is 13.4. The summed E-state index contributed by atoms with van der Waals surface area (Å²) in [5.74, 6) is -2.05. The Morgan fingerprint density at radius 1 is 1.42 bits per heavy atom. The molecular weight excluding hydrogens is 250 g/mol. The molecule has 0 aliphatic heterocycles. The highest BCUT2D eigenvalue weighted by atomic mass is 19.1. The lowest BCUT2D eigenvalue weighted by Gasteiger charge is -2.23. The van der Waals surface area contributed by atoms with Crippen LogP contribution in [0.5, 0.6) is 0 Å². The molecule has 0 radical (unpaired) electrons. The Morgan fingerprint density at radius 2 is 2.11 bits per heavy atom. The van der Waals surface area contributed by atoms with Gasteiger partial charge in [0.1, 0.15) is 11.6 Å². The van der Waals surface area contributed by atoms with Crippen molar-refractivity contribution >= 4 is 5.91 Å². The molecule has 0 aliphatic rings. The largest absolute Gasteiger partial charge is 0.351 e. The fourth-order valence-electron chi connectivity index (χ4n) is 1.65. The average Bonchev–Trinajstić information content (AvgIpc) is 2.37. The zero-order chi connectivity index (χ0) is 14.4. The summed E-state index contributed by atoms with van der Waals surface area (Å²) in [6.45, 7) is 5.30. The van der Waals surface area contributed by atoms with E-state index in [1.54, 1.807) is 0 Å². The molecule has 3 nitrogen and oxygen atoms in total. The minimum Gasteiger partial charge on any atom is -0.351 e. The first-order valence-electron chi connectivity index (χ1n) is 6.39. The van der Waals surface area contributed by atoms with Crippen LogP contribution in [-0.4, -0.2) is 37.0 Å². The first kappa shape index (κ1) is 15.6. The van der Waals surface area contributed by atoms with Gasteiger partial charge < -0.3 is 10.2 Å². The number of rotatable bonds is 6. The van der Waals surface area contributed by atoms with Gasteiger partial charge in [0.25, 0.3) is 5.91 Å². The first-order chi connectivity index (χ1) is 8.95. The summed E-state index contributed by atoms with van der Waals surface area (Å²) in [5, 5.41) is 2.63. The normalized spacial score (nSPS) is 12.5. The molecule has 0 bridgehead atoms. The van der Waals surface area contributed by atoms with E-state index in [4.69, 9.17) is 0 Å². The number of hydrogen-bond donors (Lipinski definition) is 1. The van der Waals surface area contributed by atoms with Gasteiger partial charge in [0.05, 0.1) is 5.56 Å². The van der Waals surface area contributed by atoms with Crippen molar-refractivity contribution in [2.45, 2.75) is 26.3 Å². The Morgan fingerprint density at radius 3 is 2.68 bits per heavy atom. The van der Waals surface area contributed by atoms with E-state index in [1.165, 1.54) is 0 Å². The van der Waals surface area contributed by atoms with Gasteiger partial charge in [0.15, 0.2) is 0 Å². The molecule has 0 fully saturated rings. The standard InChI is InChI=1S/C14H20F2N2O/c1-4-10(2)18(3)8-7-17-14(19)12-6-5-11(15)9-13(12)16/h5-6,9-10H,4,7-8H2,1-3H3,(H,17,19). The molecule has 5 heteroatoms. The van der Waals surface area contributed by atoms with Crippen molar-refractivity contribution in [1.29, 1.82) is 0 Å². The van der Waals surface area contributed by atoms with Crippen LogP contribution >= 0.6 is 0 Å². The third-order valence-corrected chi connectivity index (χ3v) is 3.27. The summed E-state index contributed by atoms with van der Waals surface area (Å²) >= 11 is 0. The fourth-order valence-corrected chi connectivity index (χ4v) is 1.65. The highest BCUT2D eigenvalue weighted by Gasteiger charge is 2.12. The van der Waals surface area contributed by atoms with E-state index in [1.807, 2.05) is 7.05 Å². The topological polar surface area (TPSA) is 32.3 Å². The molecule has 0 saturated carbocycles. The summed E-state index contributed by atoms with van der Waals surface area (Å²) in [5.41, 5.74) is -0.132. The van der Waals surface area contributed by atoms with E-state index >= 15 is 0 Å². The van der Waals surface area contributed by atoms with E-state index in [-0.39, 0.29) is 5.56 Å². The van der Waals surface area contributed by atoms with Gasteiger partial charge in [-0.3, -0.25) is 4.79 Å². The minimum atomic E-state index is -0.840. The van der Waals surface area contributed by atoms with Gasteiger partial charge in [-0.15, -0.1) is 0 Å². The second kappa shape index (κ2) is 7.19. The molecule has 1 N–H and O–H groups in total. The maximum absolute atomic E-state index is 13.4. The van der Waals surface area contributed by atoms with Crippen molar-refractivity contribution in [2.75, 3.05) is 20.1 Å². The number of benzene rings is 1. The molecule has 1 aromatic carbocycles. The predicted octanol–water partition coefficient (Wildman–Crippen LogP) is 2.42. The third kappa shape index (κ3) is 4.59. The summed E-state index contributed by atoms with van der Waals surface area (Å²) < 4.78 is 26.1. The van der Waals surface area contributed by atoms with E-state index in [0.29, 0.717) is 25.2 Å². The first-order valence-corrected chi connectivity index (χ1v) is 6.39. The average molecular weight is 270 g/mol. The SMILES string of the molecule is CCC(C)N(C)CCNC(=O)c1ccc(F)cc1F. The van der Waals surface area contributed by atoms with Crippen molar-refractivity contribution in [3.05, 3.63) is 35.4 Å². The maximum Gasteiger partial charge on any atom is 0.254 e. The van der Waals surface area contributed by atoms with Crippen molar-refractivity contribution in [3.63, 3.8) is 0 Å². The van der Waals surface area contributed by atoms with Crippen molar-refractivity contribution in [1.82, 2.24) is 10.2 Å². The lowest BCUT2D eigenvalue weighted by Crippen LogP contribution is -2.37. The summed E-state index contributed by atoms with van der Waals surface area (Å²) in [7, 11) is 1.97. The van der Waals surface area contributed by atoms with Crippen LogP contribution in [0.4, 0.5) is 8.78 Å². The van der Waals surface area contributed by atoms with Gasteiger partial charge in [-0.2, -0.15) is 0 Å². The molecule has 0 aliphatic carbocycles. The predicted molar refractivity (Wildman–Crippen MR) is 71.1 cm³/mol. The lowest BCUT2D eigenvalue weighted by atomic mass is 10.2. The van der Waals surface area contributed by atoms with Crippen molar-refractivity contribution in [2.24, 2.45) is 0 Å². The van der Waals surface area contributed by atoms with E-state index in [2.05, 4.69) is 24.1 Å². The van der Waals surface area contributed by atoms with Crippen LogP contribution in [-0.2, 0) is 0 Å². The third-order valence-electron chi connectivity index (χ3n) is 3.27. The van der Waals surface area contributed by atoms with Gasteiger partial charge in [-0.05, 0) is 32.5 Å². The van der Waals surface area contributed by atoms with Crippen LogP contribution in [0.25, 0.3) is 0 Å². The number of hydrogen-bond acceptors (Lipinski definition) is 2. The highest BCUT2D eigenvalue weighted by Crippen LogP contribution is 2.09. The Hall–Kier alpha value is -1.49. The van der Waals surface area contributed by atoms with E-state index < -0.39 is 17.5 Å². The van der Waals surface area contributed by atoms with Crippen molar-refractivity contribution < 1.29 is 13.6 Å². The van der Waals surface area contributed by atoms with Gasteiger partial charge >= 0.3 is 0 Å². The molecule has 1 atom stereocenters. The molecule has 1 amide bonds. The molecule has 1 aromatic rings. The number of likely N-dealkylation sites (N-methyl/N-ethyl adjacent to an activating group) is 1. The molecule has 1 unspecified atom stereocenters. The molecule has 0 saturated heterocycles. The van der Waals surface area contributed by atoms with Gasteiger partial charge in [0, 0.05) is 25.2 Å². The van der Waals surface area contributed by atoms with Crippen LogP contribution in [0.2, 0.25) is 0 Å². The van der Waals surface area contributed by atoms with Gasteiger partial charge in [-0.25, -0.2) is 8.78 Å². The van der Waals surface area contributed by atoms with E-state index in [0.717, 1.165) is 18.6 Å². The van der Waals surface area contributed by atoms with Crippen LogP contribution in [0.3, 0.4) is 0 Å². The molecule has 0 aromatic heterocycles. The van der Waals surface area contributed by atoms with Crippen LogP contribution in [0.1, 0.15) is 30.6 Å². The Kier molecular flexibility index (Phi) is 5.89. The van der Waals surface area contributed by atoms with Gasteiger partial charge in [0.2, 0.25) is 0 Å². The summed E-state index contributed by atoms with van der Waals surface area (Å²) in [4.78, 5) is 13.8. The monoisotopic (exact) mass is 270 g/mol. The van der Waals surface area contributed by atoms with Crippen LogP contribution in [0.15, 0.2) is 18.2 Å². The molecule has 19 heavy (non-hydrogen) atoms. The zero-order valence-electron chi connectivity index (χ0n) is 11.5. The molecule has 106 valence electrons. The van der Waals surface area contributed by atoms with Crippen LogP contribution < -0.4 is 5.32 Å². The quantitative estimate of drug-likeness (QED) is 0.861. The molecule has 0 spiro atoms. The van der Waals surface area contributed by atoms with Crippen LogP contribution in [0, 0.1) is 11.6 Å². The number of halogens is 2. The molecular formula is C14H20F2N2O. The number of nitrogens with one attached hydrogen (secondary N) is 1. The number of nitrogens with zero attached hydrogens (tertiary/aromatic N) is 1. The zero-order valence-corrected chi connectivity index (χ0v) is 11.5. The molecule has 0 heterocycles. The second-order valence-corrected chi connectivity index (χ2v) is 4.62. The highest BCUT2D eigenvalue weighted by molar-refractivity contribution is 5.94. The smallest absolute Gasteiger partial charge is 0.254 e. The van der Waals surface area contributed by atoms with E-state index in [9.17, 15) is 13.6 Å².